The average molecular weight is 300 g/mol. The number of anilines is 1. The van der Waals surface area contributed by atoms with Gasteiger partial charge in [-0.1, -0.05) is 0 Å². The molecule has 0 fully saturated rings. The lowest BCUT2D eigenvalue weighted by Gasteiger charge is -2.19. The van der Waals surface area contributed by atoms with Gasteiger partial charge >= 0.3 is 16.2 Å². The summed E-state index contributed by atoms with van der Waals surface area (Å²) in [5, 5.41) is 8.93. The highest BCUT2D eigenvalue weighted by Gasteiger charge is 2.29. The fraction of sp³-hybridized carbons (Fsp3) is 0.417. The van der Waals surface area contributed by atoms with Crippen LogP contribution in [0.5, 0.6) is 0 Å². The fourth-order valence-corrected chi connectivity index (χ4v) is 3.37. The van der Waals surface area contributed by atoms with E-state index in [0.717, 1.165) is 5.56 Å². The van der Waals surface area contributed by atoms with Crippen LogP contribution >= 0.6 is 0 Å². The molecule has 0 aliphatic carbocycles. The first-order valence-electron chi connectivity index (χ1n) is 6.08. The van der Waals surface area contributed by atoms with Crippen molar-refractivity contribution >= 4 is 21.9 Å². The molecular weight excluding hydrogens is 284 g/mol. The Morgan fingerprint density at radius 2 is 2.25 bits per heavy atom. The highest BCUT2D eigenvalue weighted by molar-refractivity contribution is 7.90. The predicted molar refractivity (Wildman–Crippen MR) is 73.2 cm³/mol. The number of benzene rings is 1. The van der Waals surface area contributed by atoms with E-state index in [1.807, 2.05) is 0 Å². The van der Waals surface area contributed by atoms with Gasteiger partial charge in [-0.25, -0.2) is 4.79 Å². The molecule has 1 heterocycles. The molecule has 8 heteroatoms. The van der Waals surface area contributed by atoms with Crippen molar-refractivity contribution in [1.29, 1.82) is 0 Å². The van der Waals surface area contributed by atoms with Crippen molar-refractivity contribution in [3.05, 3.63) is 29.3 Å². The SMILES string of the molecule is COCCNS(=O)(=O)N1CCc2cc(C(=O)O)ccc21. The second-order valence-corrected chi connectivity index (χ2v) is 6.04. The molecule has 0 saturated carbocycles. The van der Waals surface area contributed by atoms with Gasteiger partial charge < -0.3 is 9.84 Å². The normalized spacial score (nSPS) is 14.3. The smallest absolute Gasteiger partial charge is 0.335 e. The fourth-order valence-electron chi connectivity index (χ4n) is 2.10. The van der Waals surface area contributed by atoms with Crippen LogP contribution in [-0.2, 0) is 21.4 Å². The Morgan fingerprint density at radius 1 is 1.50 bits per heavy atom. The highest BCUT2D eigenvalue weighted by Crippen LogP contribution is 2.30. The van der Waals surface area contributed by atoms with Crippen molar-refractivity contribution in [1.82, 2.24) is 4.72 Å². The Bertz CT molecular complexity index is 614. The molecule has 0 atom stereocenters. The monoisotopic (exact) mass is 300 g/mol. The molecule has 1 aromatic carbocycles. The van der Waals surface area contributed by atoms with Crippen LogP contribution in [0, 0.1) is 0 Å². The minimum Gasteiger partial charge on any atom is -0.478 e. The molecule has 2 rings (SSSR count). The molecule has 0 saturated heterocycles. The highest BCUT2D eigenvalue weighted by atomic mass is 32.2. The van der Waals surface area contributed by atoms with Crippen molar-refractivity contribution in [2.45, 2.75) is 6.42 Å². The summed E-state index contributed by atoms with van der Waals surface area (Å²) in [7, 11) is -2.13. The number of carboxylic acid groups (broad SMARTS) is 1. The van der Waals surface area contributed by atoms with Gasteiger partial charge in [0.15, 0.2) is 0 Å². The van der Waals surface area contributed by atoms with E-state index in [1.165, 1.54) is 29.6 Å². The van der Waals surface area contributed by atoms with E-state index < -0.39 is 16.2 Å². The van der Waals surface area contributed by atoms with Gasteiger partial charge in [-0.05, 0) is 30.2 Å². The zero-order valence-electron chi connectivity index (χ0n) is 11.0. The summed E-state index contributed by atoms with van der Waals surface area (Å²) in [5.41, 5.74) is 1.41. The Morgan fingerprint density at radius 3 is 2.90 bits per heavy atom. The zero-order valence-corrected chi connectivity index (χ0v) is 11.8. The zero-order chi connectivity index (χ0) is 14.8. The number of carboxylic acids is 1. The number of methoxy groups -OCH3 is 1. The number of hydrogen-bond acceptors (Lipinski definition) is 4. The first-order valence-corrected chi connectivity index (χ1v) is 7.52. The molecule has 1 aliphatic rings. The van der Waals surface area contributed by atoms with E-state index in [2.05, 4.69) is 4.72 Å². The largest absolute Gasteiger partial charge is 0.478 e. The van der Waals surface area contributed by atoms with E-state index in [-0.39, 0.29) is 18.7 Å². The van der Waals surface area contributed by atoms with Crippen molar-refractivity contribution < 1.29 is 23.1 Å². The minimum absolute atomic E-state index is 0.162. The van der Waals surface area contributed by atoms with Gasteiger partial charge in [0.25, 0.3) is 0 Å². The van der Waals surface area contributed by atoms with Crippen molar-refractivity contribution in [3.8, 4) is 0 Å². The van der Waals surface area contributed by atoms with E-state index >= 15 is 0 Å². The number of hydrogen-bond donors (Lipinski definition) is 2. The van der Waals surface area contributed by atoms with Crippen molar-refractivity contribution in [3.63, 3.8) is 0 Å². The predicted octanol–water partition coefficient (Wildman–Crippen LogP) is 0.228. The van der Waals surface area contributed by atoms with Crippen LogP contribution in [0.4, 0.5) is 5.69 Å². The van der Waals surface area contributed by atoms with Crippen LogP contribution in [0.15, 0.2) is 18.2 Å². The molecular formula is C12H16N2O5S. The molecule has 0 spiro atoms. The van der Waals surface area contributed by atoms with Crippen molar-refractivity contribution in [2.75, 3.05) is 31.1 Å². The molecule has 1 aliphatic heterocycles. The molecule has 0 amide bonds. The third-order valence-corrected chi connectivity index (χ3v) is 4.59. The molecule has 1 aromatic rings. The number of aromatic carboxylic acids is 1. The third kappa shape index (κ3) is 2.92. The quantitative estimate of drug-likeness (QED) is 0.733. The number of nitrogens with one attached hydrogen (secondary N) is 1. The van der Waals surface area contributed by atoms with E-state index in [1.54, 1.807) is 0 Å². The second-order valence-electron chi connectivity index (χ2n) is 4.36. The maximum Gasteiger partial charge on any atom is 0.335 e. The summed E-state index contributed by atoms with van der Waals surface area (Å²) in [6.45, 7) is 0.788. The maximum absolute atomic E-state index is 12.1. The lowest BCUT2D eigenvalue weighted by atomic mass is 10.1. The molecule has 7 nitrogen and oxygen atoms in total. The maximum atomic E-state index is 12.1. The van der Waals surface area contributed by atoms with Gasteiger partial charge in [-0.3, -0.25) is 4.31 Å². The van der Waals surface area contributed by atoms with Crippen LogP contribution in [-0.4, -0.2) is 46.3 Å². The first kappa shape index (κ1) is 14.8. The number of carbonyl (C=O) groups is 1. The van der Waals surface area contributed by atoms with Crippen molar-refractivity contribution in [2.24, 2.45) is 0 Å². The van der Waals surface area contributed by atoms with Gasteiger partial charge in [0.05, 0.1) is 17.9 Å². The summed E-state index contributed by atoms with van der Waals surface area (Å²) < 4.78 is 32.8. The molecule has 0 aromatic heterocycles. The summed E-state index contributed by atoms with van der Waals surface area (Å²) in [6, 6.07) is 4.45. The van der Waals surface area contributed by atoms with Crippen LogP contribution < -0.4 is 9.03 Å². The summed E-state index contributed by atoms with van der Waals surface area (Å²) >= 11 is 0. The van der Waals surface area contributed by atoms with Crippen LogP contribution in [0.1, 0.15) is 15.9 Å². The Labute approximate surface area is 117 Å². The topological polar surface area (TPSA) is 95.9 Å². The molecule has 110 valence electrons. The molecule has 0 unspecified atom stereocenters. The average Bonchev–Trinajstić information content (AvgIpc) is 2.82. The lowest BCUT2D eigenvalue weighted by Crippen LogP contribution is -2.41. The summed E-state index contributed by atoms with van der Waals surface area (Å²) in [5.74, 6) is -1.02. The molecule has 0 bridgehead atoms. The number of nitrogens with zero attached hydrogens (tertiary/aromatic N) is 1. The standard InChI is InChI=1S/C12H16N2O5S/c1-19-7-5-13-20(17,18)14-6-4-9-8-10(12(15)16)2-3-11(9)14/h2-3,8,13H,4-7H2,1H3,(H,15,16). The van der Waals surface area contributed by atoms with Gasteiger partial charge in [-0.2, -0.15) is 13.1 Å². The summed E-state index contributed by atoms with van der Waals surface area (Å²) in [6.07, 6.45) is 0.502. The summed E-state index contributed by atoms with van der Waals surface area (Å²) in [4.78, 5) is 10.9. The first-order chi connectivity index (χ1) is 9.45. The number of ether oxygens (including phenoxy) is 1. The second kappa shape index (κ2) is 5.78. The lowest BCUT2D eigenvalue weighted by molar-refractivity contribution is 0.0697. The minimum atomic E-state index is -3.62. The number of rotatable bonds is 6. The van der Waals surface area contributed by atoms with Crippen LogP contribution in [0.3, 0.4) is 0 Å². The van der Waals surface area contributed by atoms with E-state index in [9.17, 15) is 13.2 Å². The number of fused-ring (bicyclic) bond motifs is 1. The van der Waals surface area contributed by atoms with Gasteiger partial charge in [0.1, 0.15) is 0 Å². The molecule has 20 heavy (non-hydrogen) atoms. The third-order valence-electron chi connectivity index (χ3n) is 3.06. The van der Waals surface area contributed by atoms with Gasteiger partial charge in [0.2, 0.25) is 0 Å². The van der Waals surface area contributed by atoms with Gasteiger partial charge in [-0.15, -0.1) is 0 Å². The Kier molecular flexibility index (Phi) is 4.26. The Balaban J connectivity index is 2.21. The van der Waals surface area contributed by atoms with Crippen LogP contribution in [0.25, 0.3) is 0 Å². The van der Waals surface area contributed by atoms with E-state index in [0.29, 0.717) is 18.7 Å². The van der Waals surface area contributed by atoms with Gasteiger partial charge in [0, 0.05) is 20.2 Å². The molecule has 0 radical (unpaired) electrons. The molecule has 2 N–H and O–H groups in total. The van der Waals surface area contributed by atoms with E-state index in [4.69, 9.17) is 9.84 Å². The van der Waals surface area contributed by atoms with Crippen LogP contribution in [0.2, 0.25) is 0 Å². The Hall–Kier alpha value is -1.64.